The molecule has 0 heterocycles. The van der Waals surface area contributed by atoms with Crippen molar-refractivity contribution in [2.45, 2.75) is 112 Å². The van der Waals surface area contributed by atoms with Gasteiger partial charge in [0.1, 0.15) is 11.5 Å². The number of thioether (sulfide) groups is 2. The minimum atomic E-state index is -1.10. The summed E-state index contributed by atoms with van der Waals surface area (Å²) in [6.07, 6.45) is 2.25. The van der Waals surface area contributed by atoms with Crippen molar-refractivity contribution < 1.29 is 44.3 Å². The topological polar surface area (TPSA) is 158 Å². The first-order valence-electron chi connectivity index (χ1n) is 17.9. The molecule has 0 aromatic heterocycles. The molecular formula is C40H50O9S2. The molecule has 4 N–H and O–H groups in total. The fourth-order valence-corrected chi connectivity index (χ4v) is 12.7. The quantitative estimate of drug-likeness (QED) is 0.155. The molecule has 4 fully saturated rings. The summed E-state index contributed by atoms with van der Waals surface area (Å²) in [6.45, 7) is 15.9. The highest BCUT2D eigenvalue weighted by Gasteiger charge is 2.62. The number of carbonyl (C=O) groups excluding carboxylic acids is 2. The summed E-state index contributed by atoms with van der Waals surface area (Å²) >= 11 is 3.16. The van der Waals surface area contributed by atoms with Crippen molar-refractivity contribution in [3.8, 4) is 11.5 Å². The van der Waals surface area contributed by atoms with Crippen molar-refractivity contribution in [1.29, 1.82) is 0 Å². The van der Waals surface area contributed by atoms with E-state index < -0.39 is 47.5 Å². The van der Waals surface area contributed by atoms with Gasteiger partial charge in [-0.1, -0.05) is 41.5 Å². The molecule has 0 radical (unpaired) electrons. The van der Waals surface area contributed by atoms with Gasteiger partial charge in [0.2, 0.25) is 0 Å². The predicted octanol–water partition coefficient (Wildman–Crippen LogP) is 7.71. The number of benzene rings is 2. The molecular weight excluding hydrogens is 689 g/mol. The third kappa shape index (κ3) is 6.89. The summed E-state index contributed by atoms with van der Waals surface area (Å²) in [7, 11) is 0. The lowest BCUT2D eigenvalue weighted by atomic mass is 9.78. The number of rotatable bonds is 8. The number of fused-ring (bicyclic) bond motifs is 4. The Bertz CT molecular complexity index is 1640. The highest BCUT2D eigenvalue weighted by Crippen LogP contribution is 2.60. The highest BCUT2D eigenvalue weighted by atomic mass is 32.2. The predicted molar refractivity (Wildman–Crippen MR) is 195 cm³/mol. The molecule has 4 bridgehead atoms. The second kappa shape index (κ2) is 13.3. The third-order valence-corrected chi connectivity index (χ3v) is 14.6. The second-order valence-electron chi connectivity index (χ2n) is 17.4. The summed E-state index contributed by atoms with van der Waals surface area (Å²) in [4.78, 5) is 54.5. The van der Waals surface area contributed by atoms with Crippen LogP contribution < -0.4 is 0 Å². The molecule has 10 atom stereocenters. The number of carboxylic acid groups (broad SMARTS) is 2. The van der Waals surface area contributed by atoms with E-state index in [-0.39, 0.29) is 56.5 Å². The zero-order valence-corrected chi connectivity index (χ0v) is 32.2. The highest BCUT2D eigenvalue weighted by molar-refractivity contribution is 8.00. The van der Waals surface area contributed by atoms with Crippen molar-refractivity contribution >= 4 is 47.4 Å². The summed E-state index contributed by atoms with van der Waals surface area (Å²) < 4.78 is 5.48. The zero-order valence-electron chi connectivity index (χ0n) is 30.6. The first-order valence-corrected chi connectivity index (χ1v) is 19.7. The van der Waals surface area contributed by atoms with Crippen LogP contribution in [0.3, 0.4) is 0 Å². The van der Waals surface area contributed by atoms with E-state index in [2.05, 4.69) is 0 Å². The molecule has 2 aromatic rings. The monoisotopic (exact) mass is 738 g/mol. The molecule has 4 saturated carbocycles. The Hall–Kier alpha value is -3.18. The van der Waals surface area contributed by atoms with E-state index in [9.17, 15) is 39.6 Å². The lowest BCUT2D eigenvalue weighted by Gasteiger charge is -2.34. The van der Waals surface area contributed by atoms with Crippen molar-refractivity contribution in [2.24, 2.45) is 47.3 Å². The number of hydrogen-bond donors (Lipinski definition) is 4. The summed E-state index contributed by atoms with van der Waals surface area (Å²) in [6, 6.07) is 7.75. The van der Waals surface area contributed by atoms with E-state index in [4.69, 9.17) is 4.74 Å². The van der Waals surface area contributed by atoms with Gasteiger partial charge in [-0.05, 0) is 109 Å². The van der Waals surface area contributed by atoms with Crippen LogP contribution in [0.4, 0.5) is 0 Å². The molecule has 6 rings (SSSR count). The van der Waals surface area contributed by atoms with Crippen LogP contribution in [0.2, 0.25) is 0 Å². The first-order chi connectivity index (χ1) is 23.7. The number of aryl methyl sites for hydroxylation is 2. The number of aliphatic carboxylic acids is 2. The number of phenolic OH excluding ortho intramolecular Hbond substituents is 2. The average molecular weight is 739 g/mol. The van der Waals surface area contributed by atoms with Crippen LogP contribution in [-0.4, -0.2) is 54.8 Å². The minimum absolute atomic E-state index is 0.0548. The van der Waals surface area contributed by atoms with Crippen molar-refractivity contribution in [3.63, 3.8) is 0 Å². The largest absolute Gasteiger partial charge is 0.507 e. The molecule has 0 spiro atoms. The van der Waals surface area contributed by atoms with E-state index in [0.717, 1.165) is 32.0 Å². The van der Waals surface area contributed by atoms with Gasteiger partial charge in [-0.2, -0.15) is 0 Å². The number of hydrogen-bond acceptors (Lipinski definition) is 9. The number of aromatic hydroxyl groups is 2. The number of ether oxygens (including phenoxy) is 1. The van der Waals surface area contributed by atoms with Crippen LogP contribution in [-0.2, 0) is 34.7 Å². The normalized spacial score (nSPS) is 31.2. The van der Waals surface area contributed by atoms with Crippen LogP contribution in [0, 0.1) is 61.2 Å². The zero-order chi connectivity index (χ0) is 37.5. The van der Waals surface area contributed by atoms with Crippen molar-refractivity contribution in [3.05, 3.63) is 46.5 Å². The van der Waals surface area contributed by atoms with Gasteiger partial charge in [0.25, 0.3) is 0 Å². The Morgan fingerprint density at radius 2 is 0.961 bits per heavy atom. The molecule has 11 heteroatoms. The third-order valence-electron chi connectivity index (χ3n) is 11.9. The number of esters is 2. The molecule has 0 saturated heterocycles. The number of carboxylic acids is 2. The smallest absolute Gasteiger partial charge is 0.317 e. The van der Waals surface area contributed by atoms with Crippen LogP contribution in [0.15, 0.2) is 34.1 Å². The van der Waals surface area contributed by atoms with Gasteiger partial charge < -0.3 is 25.2 Å². The van der Waals surface area contributed by atoms with E-state index in [1.54, 1.807) is 23.5 Å². The molecule has 9 nitrogen and oxygen atoms in total. The SMILES string of the molecule is Cc1cc(SC2CC3CC2C(C(=O)O)C3C(=O)OC(=O)C2C3CC(Sc4cc(C)c(O)c(C(C)(C)C)c4)C(C3)C2C(=O)O)cc(C(C)(C)C)c1O. The van der Waals surface area contributed by atoms with Crippen LogP contribution in [0.5, 0.6) is 11.5 Å². The van der Waals surface area contributed by atoms with Crippen LogP contribution in [0.1, 0.15) is 89.5 Å². The van der Waals surface area contributed by atoms with E-state index in [0.29, 0.717) is 25.7 Å². The number of carbonyl (C=O) groups is 4. The molecule has 4 aliphatic carbocycles. The Kier molecular flexibility index (Phi) is 9.83. The Morgan fingerprint density at radius 3 is 1.27 bits per heavy atom. The van der Waals surface area contributed by atoms with Crippen LogP contribution in [0.25, 0.3) is 0 Å². The van der Waals surface area contributed by atoms with E-state index in [1.165, 1.54) is 0 Å². The first kappa shape index (κ1) is 37.6. The van der Waals surface area contributed by atoms with E-state index >= 15 is 0 Å². The van der Waals surface area contributed by atoms with Gasteiger partial charge in [0.15, 0.2) is 0 Å². The number of phenols is 2. The lowest BCUT2D eigenvalue weighted by Crippen LogP contribution is -2.43. The maximum absolute atomic E-state index is 13.7. The van der Waals surface area contributed by atoms with Crippen molar-refractivity contribution in [1.82, 2.24) is 0 Å². The van der Waals surface area contributed by atoms with Gasteiger partial charge in [-0.3, -0.25) is 19.2 Å². The Labute approximate surface area is 308 Å². The molecule has 0 amide bonds. The molecule has 51 heavy (non-hydrogen) atoms. The molecule has 4 aliphatic rings. The summed E-state index contributed by atoms with van der Waals surface area (Å²) in [5.41, 5.74) is 2.56. The van der Waals surface area contributed by atoms with Crippen molar-refractivity contribution in [2.75, 3.05) is 0 Å². The van der Waals surface area contributed by atoms with Gasteiger partial charge in [0, 0.05) is 31.4 Å². The Balaban J connectivity index is 1.14. The van der Waals surface area contributed by atoms with Gasteiger partial charge in [0.05, 0.1) is 23.7 Å². The summed E-state index contributed by atoms with van der Waals surface area (Å²) in [5.74, 6) is -8.48. The van der Waals surface area contributed by atoms with E-state index in [1.807, 2.05) is 79.7 Å². The minimum Gasteiger partial charge on any atom is -0.507 e. The molecule has 0 aliphatic heterocycles. The average Bonchev–Trinajstić information content (AvgIpc) is 3.78. The molecule has 276 valence electrons. The molecule has 10 unspecified atom stereocenters. The van der Waals surface area contributed by atoms with Gasteiger partial charge >= 0.3 is 23.9 Å². The Morgan fingerprint density at radius 1 is 0.608 bits per heavy atom. The lowest BCUT2D eigenvalue weighted by molar-refractivity contribution is -0.174. The standard InChI is InChI=1S/C40H50O9S2/c1-17-9-21(15-25(33(17)41)39(3,4)5)50-27-13-19-11-23(27)31(35(43)44)29(19)37(47)49-38(48)30-20-12-24(32(30)36(45)46)28(14-20)51-22-10-18(2)34(42)26(16-22)40(6,7)8/h9-10,15-16,19-20,23-24,27-32,41-42H,11-14H2,1-8H3,(H,43,44)(H,45,46). The fourth-order valence-electron chi connectivity index (χ4n) is 9.58. The molecule has 2 aromatic carbocycles. The summed E-state index contributed by atoms with van der Waals surface area (Å²) in [5, 5.41) is 41.9. The second-order valence-corrected chi connectivity index (χ2v) is 20.0. The van der Waals surface area contributed by atoms with Gasteiger partial charge in [-0.25, -0.2) is 0 Å². The van der Waals surface area contributed by atoms with Gasteiger partial charge in [-0.15, -0.1) is 23.5 Å². The maximum atomic E-state index is 13.7. The maximum Gasteiger partial charge on any atom is 0.317 e. The van der Waals surface area contributed by atoms with Crippen LogP contribution >= 0.6 is 23.5 Å². The fraction of sp³-hybridized carbons (Fsp3) is 0.600.